The number of hydrogen-bond donors (Lipinski definition) is 2. The summed E-state index contributed by atoms with van der Waals surface area (Å²) in [4.78, 5) is 38.5. The molecule has 0 spiro atoms. The fraction of sp³-hybridized carbons (Fsp3) is 0.368. The van der Waals surface area contributed by atoms with Crippen molar-refractivity contribution in [3.63, 3.8) is 0 Å². The fourth-order valence-corrected chi connectivity index (χ4v) is 5.77. The minimum absolute atomic E-state index is 0.0368. The minimum Gasteiger partial charge on any atom is -0.480 e. The summed E-state index contributed by atoms with van der Waals surface area (Å²) in [5.41, 5.74) is -0.185. The molecule has 0 radical (unpaired) electrons. The zero-order valence-electron chi connectivity index (χ0n) is 16.1. The number of thioether (sulfide) groups is 1. The van der Waals surface area contributed by atoms with E-state index in [9.17, 15) is 23.9 Å². The third-order valence-electron chi connectivity index (χ3n) is 5.25. The Balaban J connectivity index is 1.62. The van der Waals surface area contributed by atoms with Gasteiger partial charge in [-0.15, -0.1) is 11.8 Å². The van der Waals surface area contributed by atoms with Gasteiger partial charge in [-0.3, -0.25) is 9.59 Å². The normalized spacial score (nSPS) is 24.4. The first-order chi connectivity index (χ1) is 14.0. The molecule has 1 aromatic heterocycles. The van der Waals surface area contributed by atoms with E-state index < -0.39 is 45.8 Å². The van der Waals surface area contributed by atoms with Gasteiger partial charge in [0.2, 0.25) is 5.91 Å². The highest BCUT2D eigenvalue weighted by molar-refractivity contribution is 8.01. The molecule has 2 saturated heterocycles. The van der Waals surface area contributed by atoms with Crippen molar-refractivity contribution < 1.29 is 28.4 Å². The minimum atomic E-state index is -1.10. The van der Waals surface area contributed by atoms with Crippen LogP contribution in [0.3, 0.4) is 0 Å². The van der Waals surface area contributed by atoms with Crippen molar-refractivity contribution in [3.8, 4) is 11.3 Å². The highest BCUT2D eigenvalue weighted by Gasteiger charge is 2.64. The average Bonchev–Trinajstić information content (AvgIpc) is 3.14. The number of carbonyl (C=O) groups excluding carboxylic acids is 2. The molecule has 30 heavy (non-hydrogen) atoms. The summed E-state index contributed by atoms with van der Waals surface area (Å²) in [7, 11) is 0. The molecule has 0 saturated carbocycles. The Labute approximate surface area is 179 Å². The summed E-state index contributed by atoms with van der Waals surface area (Å²) in [6, 6.07) is 2.17. The van der Waals surface area contributed by atoms with Crippen molar-refractivity contribution >= 4 is 41.1 Å². The lowest BCUT2D eigenvalue weighted by molar-refractivity contribution is -0.159. The van der Waals surface area contributed by atoms with Crippen LogP contribution >= 0.6 is 23.4 Å². The first-order valence-electron chi connectivity index (χ1n) is 8.99. The Morgan fingerprint density at radius 1 is 1.40 bits per heavy atom. The SMILES string of the molecule is Cc1onc(-c2c(F)cccc2Cl)c1C(=O)N[C@H]1C(=O)N2[C@@H]1SC(C)(C)[C@H]2C(=O)O. The predicted octanol–water partition coefficient (Wildman–Crippen LogP) is 2.69. The summed E-state index contributed by atoms with van der Waals surface area (Å²) in [5, 5.41) is 15.4. The number of carbonyl (C=O) groups is 3. The zero-order valence-corrected chi connectivity index (χ0v) is 17.7. The second-order valence-corrected chi connectivity index (χ2v) is 9.79. The maximum absolute atomic E-state index is 14.4. The molecule has 0 bridgehead atoms. The van der Waals surface area contributed by atoms with Gasteiger partial charge in [0.25, 0.3) is 5.91 Å². The summed E-state index contributed by atoms with van der Waals surface area (Å²) in [6.45, 7) is 4.97. The van der Waals surface area contributed by atoms with E-state index in [1.165, 1.54) is 41.8 Å². The highest BCUT2D eigenvalue weighted by atomic mass is 35.5. The molecule has 2 fully saturated rings. The van der Waals surface area contributed by atoms with E-state index in [2.05, 4.69) is 10.5 Å². The molecule has 4 rings (SSSR count). The van der Waals surface area contributed by atoms with Crippen LogP contribution in [-0.2, 0) is 9.59 Å². The van der Waals surface area contributed by atoms with Crippen LogP contribution in [0.5, 0.6) is 0 Å². The summed E-state index contributed by atoms with van der Waals surface area (Å²) >= 11 is 7.40. The van der Waals surface area contributed by atoms with Gasteiger partial charge in [0.05, 0.1) is 10.6 Å². The molecule has 2 aliphatic rings. The Hall–Kier alpha value is -2.59. The first kappa shape index (κ1) is 20.7. The van der Waals surface area contributed by atoms with Gasteiger partial charge in [-0.05, 0) is 32.9 Å². The molecule has 2 amide bonds. The van der Waals surface area contributed by atoms with Gasteiger partial charge >= 0.3 is 5.97 Å². The molecule has 2 N–H and O–H groups in total. The average molecular weight is 454 g/mol. The Morgan fingerprint density at radius 2 is 2.10 bits per heavy atom. The topological polar surface area (TPSA) is 113 Å². The van der Waals surface area contributed by atoms with Crippen molar-refractivity contribution in [2.75, 3.05) is 0 Å². The third-order valence-corrected chi connectivity index (χ3v) is 7.14. The van der Waals surface area contributed by atoms with E-state index >= 15 is 0 Å². The standard InChI is InChI=1S/C19H17ClFN3O5S/c1-7-10(12(23-29-7)11-8(20)5-4-6-9(11)21)15(25)22-13-16(26)24-14(18(27)28)19(2,3)30-17(13)24/h4-6,13-14,17H,1-3H3,(H,22,25)(H,27,28)/t13-,14+,17+/m0/s1. The van der Waals surface area contributed by atoms with Crippen LogP contribution in [0.4, 0.5) is 4.39 Å². The molecule has 158 valence electrons. The number of aromatic nitrogens is 1. The molecule has 0 aliphatic carbocycles. The Bertz CT molecular complexity index is 1070. The summed E-state index contributed by atoms with van der Waals surface area (Å²) in [6.07, 6.45) is 0. The first-order valence-corrected chi connectivity index (χ1v) is 10.2. The second-order valence-electron chi connectivity index (χ2n) is 7.61. The van der Waals surface area contributed by atoms with Crippen LogP contribution in [0, 0.1) is 12.7 Å². The molecule has 2 aromatic rings. The zero-order chi connectivity index (χ0) is 22.0. The number of carboxylic acid groups (broad SMARTS) is 1. The number of aryl methyl sites for hydroxylation is 1. The molecular weight excluding hydrogens is 437 g/mol. The molecule has 1 aromatic carbocycles. The maximum Gasteiger partial charge on any atom is 0.327 e. The van der Waals surface area contributed by atoms with E-state index in [1.807, 2.05) is 0 Å². The maximum atomic E-state index is 14.4. The lowest BCUT2D eigenvalue weighted by atomic mass is 9.95. The van der Waals surface area contributed by atoms with Crippen molar-refractivity contribution in [3.05, 3.63) is 40.4 Å². The van der Waals surface area contributed by atoms with Crippen LogP contribution in [0.1, 0.15) is 30.0 Å². The molecule has 3 heterocycles. The van der Waals surface area contributed by atoms with Crippen LogP contribution in [-0.4, -0.2) is 55.2 Å². The van der Waals surface area contributed by atoms with Crippen LogP contribution < -0.4 is 5.32 Å². The van der Waals surface area contributed by atoms with E-state index in [1.54, 1.807) is 13.8 Å². The van der Waals surface area contributed by atoms with Crippen molar-refractivity contribution in [2.24, 2.45) is 0 Å². The fourth-order valence-electron chi connectivity index (χ4n) is 3.89. The second kappa shape index (κ2) is 6.98. The van der Waals surface area contributed by atoms with Gasteiger partial charge in [-0.1, -0.05) is 22.8 Å². The predicted molar refractivity (Wildman–Crippen MR) is 107 cm³/mol. The Morgan fingerprint density at radius 3 is 2.73 bits per heavy atom. The van der Waals surface area contributed by atoms with Crippen LogP contribution in [0.25, 0.3) is 11.3 Å². The van der Waals surface area contributed by atoms with Gasteiger partial charge in [0.15, 0.2) is 0 Å². The van der Waals surface area contributed by atoms with Crippen molar-refractivity contribution in [1.82, 2.24) is 15.4 Å². The summed E-state index contributed by atoms with van der Waals surface area (Å²) in [5.74, 6) is -2.81. The van der Waals surface area contributed by atoms with E-state index in [0.29, 0.717) is 0 Å². The number of β-lactam (4-membered cyclic amide) rings is 1. The molecule has 3 atom stereocenters. The quantitative estimate of drug-likeness (QED) is 0.684. The smallest absolute Gasteiger partial charge is 0.327 e. The number of benzene rings is 1. The van der Waals surface area contributed by atoms with Gasteiger partial charge in [-0.2, -0.15) is 0 Å². The number of carboxylic acids is 1. The number of nitrogens with zero attached hydrogens (tertiary/aromatic N) is 2. The Kier molecular flexibility index (Phi) is 4.81. The van der Waals surface area contributed by atoms with E-state index in [4.69, 9.17) is 16.1 Å². The molecule has 2 aliphatic heterocycles. The third kappa shape index (κ3) is 2.97. The van der Waals surface area contributed by atoms with Gasteiger partial charge < -0.3 is 19.8 Å². The van der Waals surface area contributed by atoms with Gasteiger partial charge in [-0.25, -0.2) is 9.18 Å². The molecule has 0 unspecified atom stereocenters. The number of aliphatic carboxylic acids is 1. The highest BCUT2D eigenvalue weighted by Crippen LogP contribution is 2.50. The lowest BCUT2D eigenvalue weighted by Gasteiger charge is -2.43. The van der Waals surface area contributed by atoms with E-state index in [0.717, 1.165) is 0 Å². The lowest BCUT2D eigenvalue weighted by Crippen LogP contribution is -2.70. The molecule has 11 heteroatoms. The van der Waals surface area contributed by atoms with E-state index in [-0.39, 0.29) is 27.6 Å². The molecular formula is C19H17ClFN3O5S. The van der Waals surface area contributed by atoms with Crippen LogP contribution in [0.2, 0.25) is 5.02 Å². The largest absolute Gasteiger partial charge is 0.480 e. The number of amides is 2. The number of nitrogens with one attached hydrogen (secondary N) is 1. The van der Waals surface area contributed by atoms with Crippen LogP contribution in [0.15, 0.2) is 22.7 Å². The molecule has 8 nitrogen and oxygen atoms in total. The monoisotopic (exact) mass is 453 g/mol. The number of fused-ring (bicyclic) bond motifs is 1. The van der Waals surface area contributed by atoms with Crippen molar-refractivity contribution in [1.29, 1.82) is 0 Å². The number of hydrogen-bond acceptors (Lipinski definition) is 6. The number of halogens is 2. The van der Waals surface area contributed by atoms with Gasteiger partial charge in [0, 0.05) is 4.75 Å². The van der Waals surface area contributed by atoms with Crippen molar-refractivity contribution in [2.45, 2.75) is 43.0 Å². The summed E-state index contributed by atoms with van der Waals surface area (Å²) < 4.78 is 18.7. The number of rotatable bonds is 4. The van der Waals surface area contributed by atoms with Gasteiger partial charge in [0.1, 0.15) is 40.3 Å².